The minimum atomic E-state index is -0.246. The second-order valence-electron chi connectivity index (χ2n) is 5.90. The third kappa shape index (κ3) is 4.80. The van der Waals surface area contributed by atoms with Crippen molar-refractivity contribution in [2.45, 2.75) is 6.42 Å². The van der Waals surface area contributed by atoms with E-state index in [-0.39, 0.29) is 18.1 Å². The highest BCUT2D eigenvalue weighted by molar-refractivity contribution is 6.32. The Labute approximate surface area is 161 Å². The first-order valence-corrected chi connectivity index (χ1v) is 8.78. The molecule has 0 saturated carbocycles. The zero-order chi connectivity index (χ0) is 19.2. The summed E-state index contributed by atoms with van der Waals surface area (Å²) in [6.07, 6.45) is 0.396. The number of methoxy groups -OCH3 is 1. The lowest BCUT2D eigenvalue weighted by atomic mass is 10.1. The quantitative estimate of drug-likeness (QED) is 0.654. The van der Waals surface area contributed by atoms with E-state index in [2.05, 4.69) is 10.3 Å². The lowest BCUT2D eigenvalue weighted by molar-refractivity contribution is -0.123. The number of H-pyrrole nitrogens is 1. The average Bonchev–Trinajstić information content (AvgIpc) is 2.67. The molecule has 0 saturated heterocycles. The van der Waals surface area contributed by atoms with Crippen LogP contribution in [-0.2, 0) is 11.2 Å². The van der Waals surface area contributed by atoms with E-state index in [1.807, 2.05) is 18.2 Å². The number of carbonyl (C=O) groups is 1. The van der Waals surface area contributed by atoms with Gasteiger partial charge in [-0.25, -0.2) is 0 Å². The average molecular weight is 387 g/mol. The molecule has 0 aliphatic rings. The number of aromatic nitrogens is 1. The molecule has 7 heteroatoms. The molecule has 2 N–H and O–H groups in total. The Bertz CT molecular complexity index is 1000. The van der Waals surface area contributed by atoms with Gasteiger partial charge in [0.1, 0.15) is 11.5 Å². The van der Waals surface area contributed by atoms with E-state index in [0.717, 1.165) is 5.39 Å². The molecule has 0 bridgehead atoms. The van der Waals surface area contributed by atoms with Gasteiger partial charge in [-0.15, -0.1) is 0 Å². The van der Waals surface area contributed by atoms with Gasteiger partial charge in [0.05, 0.1) is 17.6 Å². The first kappa shape index (κ1) is 18.8. The molecule has 3 rings (SSSR count). The summed E-state index contributed by atoms with van der Waals surface area (Å²) in [5.41, 5.74) is 0.990. The molecule has 1 amide bonds. The number of aromatic amines is 1. The van der Waals surface area contributed by atoms with E-state index < -0.39 is 0 Å². The largest absolute Gasteiger partial charge is 0.495 e. The molecule has 0 radical (unpaired) electrons. The van der Waals surface area contributed by atoms with Gasteiger partial charge in [-0.1, -0.05) is 29.8 Å². The number of halogens is 1. The molecular weight excluding hydrogens is 368 g/mol. The molecule has 0 unspecified atom stereocenters. The van der Waals surface area contributed by atoms with Crippen LogP contribution in [0.2, 0.25) is 5.02 Å². The molecule has 0 atom stereocenters. The highest BCUT2D eigenvalue weighted by atomic mass is 35.5. The van der Waals surface area contributed by atoms with Crippen molar-refractivity contribution in [3.05, 3.63) is 69.5 Å². The fourth-order valence-electron chi connectivity index (χ4n) is 2.65. The van der Waals surface area contributed by atoms with Gasteiger partial charge in [0.2, 0.25) is 0 Å². The number of nitrogens with one attached hydrogen (secondary N) is 2. The zero-order valence-electron chi connectivity index (χ0n) is 14.8. The van der Waals surface area contributed by atoms with Gasteiger partial charge in [0.25, 0.3) is 11.5 Å². The number of rotatable bonds is 7. The van der Waals surface area contributed by atoms with Gasteiger partial charge in [0.15, 0.2) is 6.61 Å². The number of hydrogen-bond acceptors (Lipinski definition) is 4. The van der Waals surface area contributed by atoms with Crippen LogP contribution in [-0.4, -0.2) is 31.2 Å². The third-order valence-electron chi connectivity index (χ3n) is 4.02. The molecule has 0 aliphatic heterocycles. The molecule has 3 aromatic rings. The Kier molecular flexibility index (Phi) is 5.98. The van der Waals surface area contributed by atoms with Crippen LogP contribution in [0, 0.1) is 0 Å². The van der Waals surface area contributed by atoms with Crippen LogP contribution in [0.15, 0.2) is 53.3 Å². The maximum atomic E-state index is 12.2. The summed E-state index contributed by atoms with van der Waals surface area (Å²) in [5, 5.41) is 3.99. The normalized spacial score (nSPS) is 10.6. The van der Waals surface area contributed by atoms with Crippen molar-refractivity contribution in [3.8, 4) is 11.5 Å². The minimum Gasteiger partial charge on any atom is -0.495 e. The number of para-hydroxylation sites is 1. The molecule has 27 heavy (non-hydrogen) atoms. The van der Waals surface area contributed by atoms with E-state index in [4.69, 9.17) is 21.1 Å². The summed E-state index contributed by atoms with van der Waals surface area (Å²) >= 11 is 6.08. The Balaban J connectivity index is 1.59. The van der Waals surface area contributed by atoms with Crippen molar-refractivity contribution in [3.63, 3.8) is 0 Å². The highest BCUT2D eigenvalue weighted by Crippen LogP contribution is 2.28. The SMILES string of the molecule is COc1cc2cc(CCNC(=O)COc3ccccc3)c(=O)[nH]c2cc1Cl. The topological polar surface area (TPSA) is 80.4 Å². The first-order chi connectivity index (χ1) is 13.1. The van der Waals surface area contributed by atoms with Crippen LogP contribution in [0.4, 0.5) is 0 Å². The van der Waals surface area contributed by atoms with Crippen LogP contribution < -0.4 is 20.3 Å². The van der Waals surface area contributed by atoms with E-state index >= 15 is 0 Å². The fraction of sp³-hybridized carbons (Fsp3) is 0.200. The molecule has 2 aromatic carbocycles. The van der Waals surface area contributed by atoms with Gasteiger partial charge >= 0.3 is 0 Å². The standard InChI is InChI=1S/C20H19ClN2O4/c1-26-18-10-14-9-13(20(25)23-17(14)11-16(18)21)7-8-22-19(24)12-27-15-5-3-2-4-6-15/h2-6,9-11H,7-8,12H2,1H3,(H,22,24)(H,23,25). The minimum absolute atomic E-state index is 0.0756. The highest BCUT2D eigenvalue weighted by Gasteiger charge is 2.08. The van der Waals surface area contributed by atoms with E-state index in [1.165, 1.54) is 7.11 Å². The number of ether oxygens (including phenoxy) is 2. The summed E-state index contributed by atoms with van der Waals surface area (Å²) in [7, 11) is 1.53. The Hall–Kier alpha value is -2.99. The smallest absolute Gasteiger partial charge is 0.257 e. The summed E-state index contributed by atoms with van der Waals surface area (Å²) in [4.78, 5) is 26.9. The third-order valence-corrected chi connectivity index (χ3v) is 4.32. The number of amides is 1. The van der Waals surface area contributed by atoms with Crippen LogP contribution in [0.3, 0.4) is 0 Å². The first-order valence-electron chi connectivity index (χ1n) is 8.41. The molecule has 0 spiro atoms. The summed E-state index contributed by atoms with van der Waals surface area (Å²) in [6, 6.07) is 14.3. The lowest BCUT2D eigenvalue weighted by Crippen LogP contribution is -2.31. The molecular formula is C20H19ClN2O4. The number of carbonyl (C=O) groups excluding carboxylic acids is 1. The van der Waals surface area contributed by atoms with E-state index in [0.29, 0.717) is 40.6 Å². The van der Waals surface area contributed by atoms with E-state index in [9.17, 15) is 9.59 Å². The second kappa shape index (κ2) is 8.60. The number of benzene rings is 2. The van der Waals surface area contributed by atoms with Gasteiger partial charge in [-0.3, -0.25) is 9.59 Å². The predicted molar refractivity (Wildman–Crippen MR) is 105 cm³/mol. The van der Waals surface area contributed by atoms with Crippen molar-refractivity contribution < 1.29 is 14.3 Å². The fourth-order valence-corrected chi connectivity index (χ4v) is 2.89. The van der Waals surface area contributed by atoms with Gasteiger partial charge in [0, 0.05) is 17.5 Å². The van der Waals surface area contributed by atoms with Crippen molar-refractivity contribution in [2.75, 3.05) is 20.3 Å². The zero-order valence-corrected chi connectivity index (χ0v) is 15.5. The maximum Gasteiger partial charge on any atom is 0.257 e. The monoisotopic (exact) mass is 386 g/mol. The maximum absolute atomic E-state index is 12.2. The second-order valence-corrected chi connectivity index (χ2v) is 6.31. The summed E-state index contributed by atoms with van der Waals surface area (Å²) < 4.78 is 10.6. The number of pyridine rings is 1. The molecule has 140 valence electrons. The molecule has 1 aromatic heterocycles. The van der Waals surface area contributed by atoms with Crippen molar-refractivity contribution in [1.29, 1.82) is 0 Å². The van der Waals surface area contributed by atoms with Gasteiger partial charge in [-0.2, -0.15) is 0 Å². The van der Waals surface area contributed by atoms with Crippen molar-refractivity contribution in [2.24, 2.45) is 0 Å². The molecule has 1 heterocycles. The molecule has 0 aliphatic carbocycles. The summed E-state index contributed by atoms with van der Waals surface area (Å²) in [5.74, 6) is 0.921. The Morgan fingerprint density at radius 3 is 2.70 bits per heavy atom. The molecule has 6 nitrogen and oxygen atoms in total. The van der Waals surface area contributed by atoms with Gasteiger partial charge < -0.3 is 19.8 Å². The number of fused-ring (bicyclic) bond motifs is 1. The number of hydrogen-bond donors (Lipinski definition) is 2. The summed E-state index contributed by atoms with van der Waals surface area (Å²) in [6.45, 7) is 0.254. The van der Waals surface area contributed by atoms with Crippen molar-refractivity contribution in [1.82, 2.24) is 10.3 Å². The Morgan fingerprint density at radius 1 is 1.19 bits per heavy atom. The van der Waals surface area contributed by atoms with Gasteiger partial charge in [-0.05, 0) is 36.8 Å². The lowest BCUT2D eigenvalue weighted by Gasteiger charge is -2.09. The van der Waals surface area contributed by atoms with Crippen LogP contribution >= 0.6 is 11.6 Å². The Morgan fingerprint density at radius 2 is 1.96 bits per heavy atom. The van der Waals surface area contributed by atoms with Crippen LogP contribution in [0.5, 0.6) is 11.5 Å². The molecule has 0 fully saturated rings. The predicted octanol–water partition coefficient (Wildman–Crippen LogP) is 2.93. The van der Waals surface area contributed by atoms with E-state index in [1.54, 1.807) is 30.3 Å². The van der Waals surface area contributed by atoms with Crippen LogP contribution in [0.1, 0.15) is 5.56 Å². The van der Waals surface area contributed by atoms with Crippen LogP contribution in [0.25, 0.3) is 10.9 Å². The van der Waals surface area contributed by atoms with Crippen molar-refractivity contribution >= 4 is 28.4 Å².